The van der Waals surface area contributed by atoms with E-state index >= 15 is 0 Å². The van der Waals surface area contributed by atoms with Crippen LogP contribution < -0.4 is 5.32 Å². The van der Waals surface area contributed by atoms with Crippen LogP contribution in [0.15, 0.2) is 33.9 Å². The monoisotopic (exact) mass is 426 g/mol. The van der Waals surface area contributed by atoms with Crippen molar-refractivity contribution in [2.45, 2.75) is 43.9 Å². The lowest BCUT2D eigenvalue weighted by molar-refractivity contribution is -0.127. The van der Waals surface area contributed by atoms with Gasteiger partial charge < -0.3 is 5.32 Å². The van der Waals surface area contributed by atoms with E-state index < -0.39 is 10.0 Å². The molecule has 0 aromatic carbocycles. The number of sulfonamides is 1. The number of amides is 1. The highest BCUT2D eigenvalue weighted by molar-refractivity contribution is 7.91. The van der Waals surface area contributed by atoms with Crippen LogP contribution in [-0.4, -0.2) is 31.7 Å². The van der Waals surface area contributed by atoms with Gasteiger partial charge in [0.2, 0.25) is 5.91 Å². The number of hydrogen-bond acceptors (Lipinski definition) is 5. The highest BCUT2D eigenvalue weighted by Gasteiger charge is 2.35. The smallest absolute Gasteiger partial charge is 0.252 e. The first kappa shape index (κ1) is 20.5. The van der Waals surface area contributed by atoms with Crippen molar-refractivity contribution in [1.29, 1.82) is 0 Å². The number of piperidine rings is 1. The topological polar surface area (TPSA) is 66.5 Å². The maximum Gasteiger partial charge on any atom is 0.252 e. The Balaban J connectivity index is 1.71. The third-order valence-corrected chi connectivity index (χ3v) is 9.17. The van der Waals surface area contributed by atoms with Crippen LogP contribution in [0.5, 0.6) is 0 Å². The summed E-state index contributed by atoms with van der Waals surface area (Å²) in [6, 6.07) is 7.46. The van der Waals surface area contributed by atoms with E-state index in [1.807, 2.05) is 30.5 Å². The van der Waals surface area contributed by atoms with Gasteiger partial charge in [-0.3, -0.25) is 4.79 Å². The number of nitrogens with one attached hydrogen (secondary N) is 1. The lowest BCUT2D eigenvalue weighted by Gasteiger charge is -2.32. The minimum absolute atomic E-state index is 0.0376. The largest absolute Gasteiger partial charge is 0.348 e. The molecule has 1 aliphatic rings. The van der Waals surface area contributed by atoms with Crippen LogP contribution in [0, 0.1) is 18.8 Å². The number of hydrogen-bond donors (Lipinski definition) is 1. The Morgan fingerprint density at radius 2 is 2.07 bits per heavy atom. The average Bonchev–Trinajstić information content (AvgIpc) is 3.31. The molecule has 2 aromatic heterocycles. The van der Waals surface area contributed by atoms with E-state index in [9.17, 15) is 13.2 Å². The average molecular weight is 427 g/mol. The fourth-order valence-electron chi connectivity index (χ4n) is 3.36. The van der Waals surface area contributed by atoms with E-state index in [0.29, 0.717) is 17.2 Å². The quantitative estimate of drug-likeness (QED) is 0.758. The van der Waals surface area contributed by atoms with Gasteiger partial charge in [0.1, 0.15) is 4.21 Å². The fourth-order valence-corrected chi connectivity index (χ4v) is 7.27. The number of nitrogens with zero attached hydrogens (tertiary/aromatic N) is 1. The first-order valence-electron chi connectivity index (χ1n) is 9.19. The van der Waals surface area contributed by atoms with Gasteiger partial charge in [0.05, 0.1) is 12.0 Å². The summed E-state index contributed by atoms with van der Waals surface area (Å²) in [5.41, 5.74) is 0. The molecule has 27 heavy (non-hydrogen) atoms. The van der Waals surface area contributed by atoms with Crippen LogP contribution in [0.2, 0.25) is 0 Å². The Labute approximate surface area is 169 Å². The summed E-state index contributed by atoms with van der Waals surface area (Å²) in [5.74, 6) is -0.0923. The van der Waals surface area contributed by atoms with Crippen molar-refractivity contribution in [3.63, 3.8) is 0 Å². The number of aryl methyl sites for hydroxylation is 1. The summed E-state index contributed by atoms with van der Waals surface area (Å²) in [7, 11) is -3.52. The lowest BCUT2D eigenvalue weighted by atomic mass is 9.96. The first-order valence-corrected chi connectivity index (χ1v) is 12.3. The molecule has 1 saturated heterocycles. The second kappa shape index (κ2) is 8.43. The van der Waals surface area contributed by atoms with Crippen LogP contribution in [-0.2, 0) is 14.8 Å². The number of carbonyl (C=O) groups excluding carboxylic acids is 1. The fraction of sp³-hybridized carbons (Fsp3) is 0.526. The predicted molar refractivity (Wildman–Crippen MR) is 111 cm³/mol. The van der Waals surface area contributed by atoms with Crippen LogP contribution in [0.3, 0.4) is 0 Å². The van der Waals surface area contributed by atoms with Crippen LogP contribution in [0.4, 0.5) is 0 Å². The highest BCUT2D eigenvalue weighted by Crippen LogP contribution is 2.30. The molecule has 148 valence electrons. The van der Waals surface area contributed by atoms with Crippen molar-refractivity contribution in [1.82, 2.24) is 9.62 Å². The van der Waals surface area contributed by atoms with Gasteiger partial charge >= 0.3 is 0 Å². The number of thiophene rings is 2. The Bertz CT molecular complexity index is 872. The minimum atomic E-state index is -3.52. The number of rotatable bonds is 6. The Kier molecular flexibility index (Phi) is 6.40. The molecule has 2 aromatic rings. The summed E-state index contributed by atoms with van der Waals surface area (Å²) in [5, 5.41) is 5.17. The first-order chi connectivity index (χ1) is 12.8. The van der Waals surface area contributed by atoms with Gasteiger partial charge in [-0.25, -0.2) is 8.42 Å². The lowest BCUT2D eigenvalue weighted by Crippen LogP contribution is -2.46. The molecule has 8 heteroatoms. The summed E-state index contributed by atoms with van der Waals surface area (Å²) < 4.78 is 27.6. The number of carbonyl (C=O) groups is 1. The van der Waals surface area contributed by atoms with Crippen molar-refractivity contribution >= 4 is 38.6 Å². The van der Waals surface area contributed by atoms with Crippen molar-refractivity contribution in [3.05, 3.63) is 39.4 Å². The molecule has 1 amide bonds. The predicted octanol–water partition coefficient (Wildman–Crippen LogP) is 4.03. The SMILES string of the molecule is Cc1ccc(S(=O)(=O)N2CCCC(C(=O)NC(c3cccs3)C(C)C)C2)s1. The van der Waals surface area contributed by atoms with E-state index in [1.54, 1.807) is 17.4 Å². The third-order valence-electron chi connectivity index (χ3n) is 4.88. The molecule has 0 radical (unpaired) electrons. The Hall–Kier alpha value is -1.22. The highest BCUT2D eigenvalue weighted by atomic mass is 32.2. The molecule has 2 unspecified atom stereocenters. The minimum Gasteiger partial charge on any atom is -0.348 e. The molecule has 1 fully saturated rings. The maximum absolute atomic E-state index is 12.9. The van der Waals surface area contributed by atoms with E-state index in [0.717, 1.165) is 16.2 Å². The molecule has 0 saturated carbocycles. The molecular weight excluding hydrogens is 400 g/mol. The van der Waals surface area contributed by atoms with Crippen molar-refractivity contribution in [3.8, 4) is 0 Å². The molecular formula is C19H26N2O3S3. The summed E-state index contributed by atoms with van der Waals surface area (Å²) >= 11 is 2.91. The standard InChI is InChI=1S/C19H26N2O3S3/c1-13(2)18(16-7-5-11-25-16)20-19(22)15-6-4-10-21(12-15)27(23,24)17-9-8-14(3)26-17/h5,7-9,11,13,15,18H,4,6,10,12H2,1-3H3,(H,20,22). The molecule has 5 nitrogen and oxygen atoms in total. The van der Waals surface area contributed by atoms with Crippen LogP contribution in [0.1, 0.15) is 42.5 Å². The zero-order valence-electron chi connectivity index (χ0n) is 15.8. The van der Waals surface area contributed by atoms with Crippen molar-refractivity contribution < 1.29 is 13.2 Å². The Morgan fingerprint density at radius 1 is 1.30 bits per heavy atom. The van der Waals surface area contributed by atoms with Gasteiger partial charge in [0.25, 0.3) is 10.0 Å². The van der Waals surface area contributed by atoms with Gasteiger partial charge in [-0.05, 0) is 49.3 Å². The van der Waals surface area contributed by atoms with Gasteiger partial charge in [-0.1, -0.05) is 19.9 Å². The van der Waals surface area contributed by atoms with E-state index in [-0.39, 0.29) is 30.3 Å². The summed E-state index contributed by atoms with van der Waals surface area (Å²) in [6.45, 7) is 6.79. The molecule has 2 atom stereocenters. The molecule has 3 heterocycles. The third kappa shape index (κ3) is 4.62. The van der Waals surface area contributed by atoms with Gasteiger partial charge in [-0.2, -0.15) is 4.31 Å². The van der Waals surface area contributed by atoms with Crippen molar-refractivity contribution in [2.75, 3.05) is 13.1 Å². The zero-order valence-corrected chi connectivity index (χ0v) is 18.3. The normalized spacial score (nSPS) is 19.9. The second-order valence-electron chi connectivity index (χ2n) is 7.31. The summed E-state index contributed by atoms with van der Waals surface area (Å²) in [4.78, 5) is 15.0. The van der Waals surface area contributed by atoms with Gasteiger partial charge in [0, 0.05) is 22.8 Å². The zero-order chi connectivity index (χ0) is 19.6. The molecule has 1 aliphatic heterocycles. The van der Waals surface area contributed by atoms with Gasteiger partial charge in [0.15, 0.2) is 0 Å². The maximum atomic E-state index is 12.9. The molecule has 0 spiro atoms. The van der Waals surface area contributed by atoms with Gasteiger partial charge in [-0.15, -0.1) is 22.7 Å². The summed E-state index contributed by atoms with van der Waals surface area (Å²) in [6.07, 6.45) is 1.42. The molecule has 0 aliphatic carbocycles. The van der Waals surface area contributed by atoms with E-state index in [2.05, 4.69) is 19.2 Å². The van der Waals surface area contributed by atoms with E-state index in [1.165, 1.54) is 15.6 Å². The van der Waals surface area contributed by atoms with Crippen molar-refractivity contribution in [2.24, 2.45) is 11.8 Å². The van der Waals surface area contributed by atoms with Crippen LogP contribution >= 0.6 is 22.7 Å². The molecule has 0 bridgehead atoms. The molecule has 3 rings (SSSR count). The molecule has 1 N–H and O–H groups in total. The van der Waals surface area contributed by atoms with E-state index in [4.69, 9.17) is 0 Å². The second-order valence-corrected chi connectivity index (χ2v) is 11.7. The van der Waals surface area contributed by atoms with Crippen LogP contribution in [0.25, 0.3) is 0 Å². The Morgan fingerprint density at radius 3 is 2.67 bits per heavy atom.